The van der Waals surface area contributed by atoms with E-state index >= 15 is 0 Å². The van der Waals surface area contributed by atoms with Crippen LogP contribution in [0.4, 0.5) is 0 Å². The Kier molecular flexibility index (Phi) is 9.85. The first kappa shape index (κ1) is 25.0. The van der Waals surface area contributed by atoms with Crippen LogP contribution in [0.5, 0.6) is 11.5 Å². The summed E-state index contributed by atoms with van der Waals surface area (Å²) in [6, 6.07) is 13.7. The lowest BCUT2D eigenvalue weighted by molar-refractivity contribution is 0.0773. The lowest BCUT2D eigenvalue weighted by Gasteiger charge is -2.22. The van der Waals surface area contributed by atoms with Crippen molar-refractivity contribution in [2.45, 2.75) is 26.8 Å². The van der Waals surface area contributed by atoms with Gasteiger partial charge in [-0.15, -0.1) is 0 Å². The van der Waals surface area contributed by atoms with Crippen LogP contribution < -0.4 is 14.8 Å². The summed E-state index contributed by atoms with van der Waals surface area (Å²) in [4.78, 5) is 20.8. The van der Waals surface area contributed by atoms with E-state index in [4.69, 9.17) is 9.47 Å². The van der Waals surface area contributed by atoms with Crippen LogP contribution in [0.1, 0.15) is 35.3 Å². The molecule has 0 bridgehead atoms. The van der Waals surface area contributed by atoms with Gasteiger partial charge in [-0.25, -0.2) is 0 Å². The molecule has 7 nitrogen and oxygen atoms in total. The van der Waals surface area contributed by atoms with Gasteiger partial charge in [0.15, 0.2) is 17.5 Å². The molecule has 0 atom stereocenters. The monoisotopic (exact) mass is 440 g/mol. The molecule has 0 saturated carbocycles. The zero-order chi connectivity index (χ0) is 23.5. The number of nitrogens with zero attached hydrogens (tertiary/aromatic N) is 3. The maximum Gasteiger partial charge on any atom is 0.253 e. The van der Waals surface area contributed by atoms with Gasteiger partial charge in [0, 0.05) is 45.8 Å². The maximum atomic E-state index is 12.5. The number of methoxy groups -OCH3 is 2. The standard InChI is InChI=1S/C25H36N4O3/c1-7-29(8-2)24(30)21-12-9-20(10-13-21)18-27-25(26-3)28(4)16-15-19-11-14-22(31-5)23(17-19)32-6/h9-14,17H,7-8,15-16,18H2,1-6H3,(H,26,27). The second-order valence-corrected chi connectivity index (χ2v) is 7.44. The van der Waals surface area contributed by atoms with Gasteiger partial charge in [-0.05, 0) is 55.7 Å². The van der Waals surface area contributed by atoms with Crippen molar-refractivity contribution in [1.82, 2.24) is 15.1 Å². The molecular formula is C25H36N4O3. The molecule has 1 N–H and O–H groups in total. The molecular weight excluding hydrogens is 404 g/mol. The van der Waals surface area contributed by atoms with E-state index in [1.165, 1.54) is 5.56 Å². The number of amides is 1. The van der Waals surface area contributed by atoms with Crippen LogP contribution in [0.3, 0.4) is 0 Å². The fourth-order valence-electron chi connectivity index (χ4n) is 3.46. The first-order chi connectivity index (χ1) is 15.5. The van der Waals surface area contributed by atoms with Crippen LogP contribution in [-0.2, 0) is 13.0 Å². The van der Waals surface area contributed by atoms with E-state index in [9.17, 15) is 4.79 Å². The lowest BCUT2D eigenvalue weighted by atomic mass is 10.1. The van der Waals surface area contributed by atoms with Crippen molar-refractivity contribution in [3.8, 4) is 11.5 Å². The van der Waals surface area contributed by atoms with E-state index in [0.717, 1.165) is 36.0 Å². The fourth-order valence-corrected chi connectivity index (χ4v) is 3.46. The summed E-state index contributed by atoms with van der Waals surface area (Å²) in [5, 5.41) is 3.39. The molecule has 0 saturated heterocycles. The summed E-state index contributed by atoms with van der Waals surface area (Å²) in [6.45, 7) is 6.84. The molecule has 2 aromatic carbocycles. The summed E-state index contributed by atoms with van der Waals surface area (Å²) in [5.74, 6) is 2.35. The Morgan fingerprint density at radius 1 is 0.969 bits per heavy atom. The first-order valence-corrected chi connectivity index (χ1v) is 11.0. The molecule has 7 heteroatoms. The largest absolute Gasteiger partial charge is 0.493 e. The van der Waals surface area contributed by atoms with Gasteiger partial charge in [-0.3, -0.25) is 9.79 Å². The van der Waals surface area contributed by atoms with Crippen LogP contribution in [0.25, 0.3) is 0 Å². The third-order valence-electron chi connectivity index (χ3n) is 5.46. The number of rotatable bonds is 10. The van der Waals surface area contributed by atoms with Crippen LogP contribution in [0, 0.1) is 0 Å². The van der Waals surface area contributed by atoms with Gasteiger partial charge in [0.2, 0.25) is 0 Å². The average Bonchev–Trinajstić information content (AvgIpc) is 2.83. The van der Waals surface area contributed by atoms with Crippen molar-refractivity contribution in [2.75, 3.05) is 47.9 Å². The average molecular weight is 441 g/mol. The number of guanidine groups is 1. The maximum absolute atomic E-state index is 12.5. The molecule has 0 aliphatic rings. The molecule has 0 aliphatic heterocycles. The van der Waals surface area contributed by atoms with Crippen LogP contribution in [0.15, 0.2) is 47.5 Å². The molecule has 0 unspecified atom stereocenters. The molecule has 0 heterocycles. The molecule has 0 spiro atoms. The number of carbonyl (C=O) groups excluding carboxylic acids is 1. The van der Waals surface area contributed by atoms with Crippen LogP contribution in [0.2, 0.25) is 0 Å². The third-order valence-corrected chi connectivity index (χ3v) is 5.46. The molecule has 1 amide bonds. The molecule has 32 heavy (non-hydrogen) atoms. The van der Waals surface area contributed by atoms with Crippen LogP contribution >= 0.6 is 0 Å². The van der Waals surface area contributed by atoms with Crippen molar-refractivity contribution >= 4 is 11.9 Å². The Bertz CT molecular complexity index is 893. The molecule has 0 aromatic heterocycles. The van der Waals surface area contributed by atoms with E-state index in [0.29, 0.717) is 25.2 Å². The highest BCUT2D eigenvalue weighted by atomic mass is 16.5. The highest BCUT2D eigenvalue weighted by Gasteiger charge is 2.12. The molecule has 0 fully saturated rings. The Labute approximate surface area is 192 Å². The predicted molar refractivity (Wildman–Crippen MR) is 130 cm³/mol. The molecule has 0 aliphatic carbocycles. The number of nitrogens with one attached hydrogen (secondary N) is 1. The first-order valence-electron chi connectivity index (χ1n) is 11.0. The van der Waals surface area contributed by atoms with Gasteiger partial charge >= 0.3 is 0 Å². The van der Waals surface area contributed by atoms with E-state index < -0.39 is 0 Å². The highest BCUT2D eigenvalue weighted by Crippen LogP contribution is 2.27. The summed E-state index contributed by atoms with van der Waals surface area (Å²) in [7, 11) is 7.08. The fraction of sp³-hybridized carbons (Fsp3) is 0.440. The zero-order valence-electron chi connectivity index (χ0n) is 20.1. The van der Waals surface area contributed by atoms with Gasteiger partial charge in [0.05, 0.1) is 14.2 Å². The normalized spacial score (nSPS) is 11.1. The second-order valence-electron chi connectivity index (χ2n) is 7.44. The SMILES string of the molecule is CCN(CC)C(=O)c1ccc(CNC(=NC)N(C)CCc2ccc(OC)c(OC)c2)cc1. The number of carbonyl (C=O) groups is 1. The molecule has 174 valence electrons. The Hall–Kier alpha value is -3.22. The van der Waals surface area contributed by atoms with E-state index in [1.54, 1.807) is 21.3 Å². The Morgan fingerprint density at radius 3 is 2.16 bits per heavy atom. The van der Waals surface area contributed by atoms with Crippen molar-refractivity contribution in [3.05, 3.63) is 59.2 Å². The number of likely N-dealkylation sites (N-methyl/N-ethyl adjacent to an activating group) is 1. The van der Waals surface area contributed by atoms with Crippen LogP contribution in [-0.4, -0.2) is 69.6 Å². The summed E-state index contributed by atoms with van der Waals surface area (Å²) in [6.07, 6.45) is 0.847. The third kappa shape index (κ3) is 6.64. The van der Waals surface area contributed by atoms with E-state index in [1.807, 2.05) is 68.3 Å². The number of aliphatic imine (C=N–C) groups is 1. The Balaban J connectivity index is 1.91. The van der Waals surface area contributed by atoms with Gasteiger partial charge in [0.1, 0.15) is 0 Å². The molecule has 2 aromatic rings. The number of benzene rings is 2. The lowest BCUT2D eigenvalue weighted by Crippen LogP contribution is -2.39. The number of ether oxygens (including phenoxy) is 2. The second kappa shape index (κ2) is 12.6. The highest BCUT2D eigenvalue weighted by molar-refractivity contribution is 5.94. The van der Waals surface area contributed by atoms with Crippen molar-refractivity contribution in [2.24, 2.45) is 4.99 Å². The minimum Gasteiger partial charge on any atom is -0.493 e. The van der Waals surface area contributed by atoms with E-state index in [-0.39, 0.29) is 5.91 Å². The van der Waals surface area contributed by atoms with Gasteiger partial charge in [-0.2, -0.15) is 0 Å². The van der Waals surface area contributed by atoms with Gasteiger partial charge in [-0.1, -0.05) is 18.2 Å². The minimum atomic E-state index is 0.0696. The topological polar surface area (TPSA) is 66.4 Å². The summed E-state index contributed by atoms with van der Waals surface area (Å²) >= 11 is 0. The zero-order valence-corrected chi connectivity index (χ0v) is 20.1. The number of hydrogen-bond donors (Lipinski definition) is 1. The number of hydrogen-bond acceptors (Lipinski definition) is 4. The quantitative estimate of drug-likeness (QED) is 0.453. The van der Waals surface area contributed by atoms with Crippen molar-refractivity contribution in [1.29, 1.82) is 0 Å². The minimum absolute atomic E-state index is 0.0696. The summed E-state index contributed by atoms with van der Waals surface area (Å²) in [5.41, 5.74) is 2.97. The Morgan fingerprint density at radius 2 is 1.59 bits per heavy atom. The van der Waals surface area contributed by atoms with Gasteiger partial charge in [0.25, 0.3) is 5.91 Å². The molecule has 2 rings (SSSR count). The van der Waals surface area contributed by atoms with Gasteiger partial charge < -0.3 is 24.6 Å². The molecule has 0 radical (unpaired) electrons. The smallest absolute Gasteiger partial charge is 0.253 e. The predicted octanol–water partition coefficient (Wildman–Crippen LogP) is 3.44. The van der Waals surface area contributed by atoms with Crippen molar-refractivity contribution < 1.29 is 14.3 Å². The van der Waals surface area contributed by atoms with E-state index in [2.05, 4.69) is 15.2 Å². The van der Waals surface area contributed by atoms with Crippen molar-refractivity contribution in [3.63, 3.8) is 0 Å². The summed E-state index contributed by atoms with van der Waals surface area (Å²) < 4.78 is 10.7.